The zero-order chi connectivity index (χ0) is 17.0. The number of nitrogens with zero attached hydrogens (tertiary/aromatic N) is 1. The van der Waals surface area contributed by atoms with Gasteiger partial charge in [0.25, 0.3) is 5.91 Å². The average molecular weight is 326 g/mol. The van der Waals surface area contributed by atoms with Crippen LogP contribution in [0.4, 0.5) is 14.5 Å². The topological polar surface area (TPSA) is 75.7 Å². The Bertz CT molecular complexity index is 616. The fraction of sp³-hybridized carbons (Fsp3) is 0.400. The third kappa shape index (κ3) is 4.24. The maximum atomic E-state index is 13.4. The van der Waals surface area contributed by atoms with E-state index in [4.69, 9.17) is 4.74 Å². The van der Waals surface area contributed by atoms with Gasteiger partial charge in [-0.25, -0.2) is 8.78 Å². The Morgan fingerprint density at radius 1 is 1.35 bits per heavy atom. The predicted octanol–water partition coefficient (Wildman–Crippen LogP) is 1.46. The Kier molecular flexibility index (Phi) is 5.25. The molecule has 1 aromatic carbocycles. The number of ether oxygens (including phenoxy) is 1. The van der Waals surface area contributed by atoms with Crippen molar-refractivity contribution in [2.75, 3.05) is 18.4 Å². The molecule has 0 unspecified atom stereocenters. The van der Waals surface area contributed by atoms with E-state index in [9.17, 15) is 23.2 Å². The van der Waals surface area contributed by atoms with Gasteiger partial charge >= 0.3 is 5.97 Å². The molecule has 1 heterocycles. The van der Waals surface area contributed by atoms with Crippen molar-refractivity contribution in [2.45, 2.75) is 25.9 Å². The smallest absolute Gasteiger partial charge is 0.326 e. The van der Waals surface area contributed by atoms with Crippen molar-refractivity contribution in [3.63, 3.8) is 0 Å². The zero-order valence-corrected chi connectivity index (χ0v) is 12.5. The van der Waals surface area contributed by atoms with Crippen LogP contribution in [0.25, 0.3) is 0 Å². The van der Waals surface area contributed by atoms with Crippen molar-refractivity contribution in [1.29, 1.82) is 0 Å². The Balaban J connectivity index is 1.89. The van der Waals surface area contributed by atoms with Gasteiger partial charge in [-0.2, -0.15) is 0 Å². The third-order valence-corrected chi connectivity index (χ3v) is 3.38. The van der Waals surface area contributed by atoms with Crippen LogP contribution >= 0.6 is 0 Å². The van der Waals surface area contributed by atoms with E-state index in [0.717, 1.165) is 18.2 Å². The molecule has 6 nitrogen and oxygen atoms in total. The minimum absolute atomic E-state index is 0.146. The second-order valence-corrected chi connectivity index (χ2v) is 5.14. The van der Waals surface area contributed by atoms with E-state index in [2.05, 4.69) is 0 Å². The molecule has 1 atom stereocenters. The summed E-state index contributed by atoms with van der Waals surface area (Å²) in [5.74, 6) is -3.63. The Labute approximate surface area is 131 Å². The molecule has 124 valence electrons. The lowest BCUT2D eigenvalue weighted by molar-refractivity contribution is -0.155. The lowest BCUT2D eigenvalue weighted by Gasteiger charge is -2.17. The summed E-state index contributed by atoms with van der Waals surface area (Å²) in [6.45, 7) is 1.50. The van der Waals surface area contributed by atoms with Crippen LogP contribution in [0.15, 0.2) is 18.2 Å². The largest absolute Gasteiger partial charge is 0.451 e. The van der Waals surface area contributed by atoms with Gasteiger partial charge in [0.1, 0.15) is 23.9 Å². The summed E-state index contributed by atoms with van der Waals surface area (Å²) in [4.78, 5) is 36.3. The van der Waals surface area contributed by atoms with Crippen LogP contribution in [0.5, 0.6) is 0 Å². The summed E-state index contributed by atoms with van der Waals surface area (Å²) in [5.41, 5.74) is -0.602. The molecule has 23 heavy (non-hydrogen) atoms. The monoisotopic (exact) mass is 326 g/mol. The van der Waals surface area contributed by atoms with Gasteiger partial charge in [0, 0.05) is 13.0 Å². The fourth-order valence-electron chi connectivity index (χ4n) is 2.16. The lowest BCUT2D eigenvalue weighted by atomic mass is 10.2. The number of anilines is 1. The second kappa shape index (κ2) is 7.17. The Morgan fingerprint density at radius 2 is 2.00 bits per heavy atom. The van der Waals surface area contributed by atoms with E-state index in [1.807, 2.05) is 5.32 Å². The van der Waals surface area contributed by atoms with Gasteiger partial charge in [0.05, 0.1) is 0 Å². The summed E-state index contributed by atoms with van der Waals surface area (Å²) in [6, 6.07) is 3.15. The third-order valence-electron chi connectivity index (χ3n) is 3.38. The van der Waals surface area contributed by atoms with Crippen molar-refractivity contribution in [1.82, 2.24) is 4.90 Å². The highest BCUT2D eigenvalue weighted by atomic mass is 19.1. The van der Waals surface area contributed by atoms with Crippen molar-refractivity contribution < 1.29 is 27.9 Å². The highest BCUT2D eigenvalue weighted by Gasteiger charge is 2.26. The summed E-state index contributed by atoms with van der Waals surface area (Å²) in [5, 5.41) is 2.04. The molecular weight excluding hydrogens is 310 g/mol. The van der Waals surface area contributed by atoms with Crippen LogP contribution in [0.2, 0.25) is 0 Å². The van der Waals surface area contributed by atoms with Gasteiger partial charge in [-0.05, 0) is 25.5 Å². The van der Waals surface area contributed by atoms with Crippen LogP contribution in [-0.2, 0) is 19.1 Å². The fourth-order valence-corrected chi connectivity index (χ4v) is 2.16. The average Bonchev–Trinajstić information content (AvgIpc) is 2.88. The maximum Gasteiger partial charge on any atom is 0.326 e. The molecule has 0 bridgehead atoms. The molecule has 1 aliphatic heterocycles. The van der Waals surface area contributed by atoms with Gasteiger partial charge in [0.15, 0.2) is 6.10 Å². The molecule has 0 saturated carbocycles. The summed E-state index contributed by atoms with van der Waals surface area (Å²) < 4.78 is 31.8. The molecule has 1 aromatic rings. The molecule has 1 aliphatic rings. The lowest BCUT2D eigenvalue weighted by Crippen LogP contribution is -2.36. The van der Waals surface area contributed by atoms with Gasteiger partial charge in [-0.15, -0.1) is 0 Å². The van der Waals surface area contributed by atoms with Gasteiger partial charge in [0.2, 0.25) is 5.91 Å². The number of carbonyl (C=O) groups is 3. The maximum absolute atomic E-state index is 13.4. The number of amides is 2. The molecule has 8 heteroatoms. The van der Waals surface area contributed by atoms with Crippen LogP contribution in [0, 0.1) is 11.6 Å². The minimum atomic E-state index is -1.25. The summed E-state index contributed by atoms with van der Waals surface area (Å²) in [6.07, 6.45) is -0.191. The van der Waals surface area contributed by atoms with Crippen molar-refractivity contribution >= 4 is 23.5 Å². The van der Waals surface area contributed by atoms with Crippen LogP contribution in [0.3, 0.4) is 0 Å². The molecule has 0 spiro atoms. The summed E-state index contributed by atoms with van der Waals surface area (Å²) >= 11 is 0. The van der Waals surface area contributed by atoms with Crippen molar-refractivity contribution in [3.8, 4) is 0 Å². The van der Waals surface area contributed by atoms with Crippen molar-refractivity contribution in [2.24, 2.45) is 0 Å². The normalized spacial score (nSPS) is 15.4. The Hall–Kier alpha value is -2.51. The first-order valence-electron chi connectivity index (χ1n) is 7.10. The number of benzene rings is 1. The molecule has 1 saturated heterocycles. The van der Waals surface area contributed by atoms with E-state index in [1.54, 1.807) is 0 Å². The number of esters is 1. The Morgan fingerprint density at radius 3 is 2.57 bits per heavy atom. The molecule has 0 aliphatic carbocycles. The number of hydrogen-bond donors (Lipinski definition) is 1. The zero-order valence-electron chi connectivity index (χ0n) is 12.5. The molecule has 1 fully saturated rings. The first-order chi connectivity index (χ1) is 10.9. The molecule has 0 radical (unpaired) electrons. The van der Waals surface area contributed by atoms with Crippen molar-refractivity contribution in [3.05, 3.63) is 29.8 Å². The van der Waals surface area contributed by atoms with Gasteiger partial charge < -0.3 is 15.0 Å². The highest BCUT2D eigenvalue weighted by Crippen LogP contribution is 2.18. The number of carbonyl (C=O) groups excluding carboxylic acids is 3. The molecule has 2 rings (SSSR count). The molecule has 2 amide bonds. The first kappa shape index (κ1) is 16.9. The molecule has 1 N–H and O–H groups in total. The quantitative estimate of drug-likeness (QED) is 0.831. The number of likely N-dealkylation sites (tertiary alicyclic amines) is 1. The number of halogens is 2. The van der Waals surface area contributed by atoms with E-state index in [0.29, 0.717) is 19.4 Å². The second-order valence-electron chi connectivity index (χ2n) is 5.14. The number of hydrogen-bond acceptors (Lipinski definition) is 4. The number of nitrogens with one attached hydrogen (secondary N) is 1. The number of rotatable bonds is 5. The SMILES string of the molecule is C[C@@H](OC(=O)CN1CCCC1=O)C(=O)Nc1c(F)cccc1F. The predicted molar refractivity (Wildman–Crippen MR) is 76.4 cm³/mol. The van der Waals surface area contributed by atoms with Crippen LogP contribution in [0.1, 0.15) is 19.8 Å². The summed E-state index contributed by atoms with van der Waals surface area (Å²) in [7, 11) is 0. The van der Waals surface area contributed by atoms with Gasteiger partial charge in [-0.1, -0.05) is 6.07 Å². The van der Waals surface area contributed by atoms with E-state index < -0.39 is 35.3 Å². The van der Waals surface area contributed by atoms with E-state index >= 15 is 0 Å². The molecular formula is C15H16F2N2O4. The van der Waals surface area contributed by atoms with E-state index in [-0.39, 0.29) is 12.5 Å². The highest BCUT2D eigenvalue weighted by molar-refractivity contribution is 5.95. The van der Waals surface area contributed by atoms with Crippen LogP contribution < -0.4 is 5.32 Å². The van der Waals surface area contributed by atoms with E-state index in [1.165, 1.54) is 11.8 Å². The molecule has 0 aromatic heterocycles. The standard InChI is InChI=1S/C15H16F2N2O4/c1-9(23-13(21)8-19-7-3-6-12(19)20)15(22)18-14-10(16)4-2-5-11(14)17/h2,4-5,9H,3,6-8H2,1H3,(H,18,22)/t9-/m1/s1. The van der Waals surface area contributed by atoms with Crippen LogP contribution in [-0.4, -0.2) is 41.9 Å². The minimum Gasteiger partial charge on any atom is -0.451 e. The first-order valence-corrected chi connectivity index (χ1v) is 7.10. The number of para-hydroxylation sites is 1. The van der Waals surface area contributed by atoms with Gasteiger partial charge in [-0.3, -0.25) is 14.4 Å².